The maximum atomic E-state index is 5.04. The van der Waals surface area contributed by atoms with Crippen LogP contribution in [0, 0.1) is 0 Å². The maximum absolute atomic E-state index is 5.04. The van der Waals surface area contributed by atoms with Crippen molar-refractivity contribution in [2.75, 3.05) is 20.3 Å². The van der Waals surface area contributed by atoms with Crippen LogP contribution in [0.25, 0.3) is 0 Å². The number of nitrogens with zero attached hydrogens (tertiary/aromatic N) is 4. The molecule has 1 N–H and O–H groups in total. The number of tetrazole rings is 1. The summed E-state index contributed by atoms with van der Waals surface area (Å²) < 4.78 is 7.05. The smallest absolute Gasteiger partial charge is 0.168 e. The summed E-state index contributed by atoms with van der Waals surface area (Å²) in [4.78, 5) is 0. The van der Waals surface area contributed by atoms with Gasteiger partial charge in [-0.15, -0.1) is 5.10 Å². The van der Waals surface area contributed by atoms with Crippen LogP contribution in [0.2, 0.25) is 0 Å². The lowest BCUT2D eigenvalue weighted by Gasteiger charge is -2.24. The Bertz CT molecular complexity index is 348. The molecule has 1 aliphatic carbocycles. The highest BCUT2D eigenvalue weighted by Gasteiger charge is 2.22. The molecule has 1 heterocycles. The largest absolute Gasteiger partial charge is 0.383 e. The molecule has 18 heavy (non-hydrogen) atoms. The van der Waals surface area contributed by atoms with Crippen LogP contribution in [-0.2, 0) is 4.74 Å². The Hall–Kier alpha value is -1.01. The topological polar surface area (TPSA) is 64.9 Å². The lowest BCUT2D eigenvalue weighted by atomic mass is 9.95. The maximum Gasteiger partial charge on any atom is 0.168 e. The average Bonchev–Trinajstić information content (AvgIpc) is 2.89. The van der Waals surface area contributed by atoms with Crippen molar-refractivity contribution in [3.8, 4) is 0 Å². The van der Waals surface area contributed by atoms with Crippen molar-refractivity contribution in [3.05, 3.63) is 5.82 Å². The Labute approximate surface area is 108 Å². The molecule has 1 aromatic rings. The molecule has 1 unspecified atom stereocenters. The molecule has 1 saturated carbocycles. The molecule has 6 nitrogen and oxygen atoms in total. The molecule has 0 bridgehead atoms. The Morgan fingerprint density at radius 2 is 2.17 bits per heavy atom. The molecule has 0 amide bonds. The van der Waals surface area contributed by atoms with Crippen molar-refractivity contribution in [1.82, 2.24) is 25.5 Å². The van der Waals surface area contributed by atoms with Crippen LogP contribution in [-0.4, -0.2) is 40.5 Å². The van der Waals surface area contributed by atoms with Crippen LogP contribution >= 0.6 is 0 Å². The third-order valence-electron chi connectivity index (χ3n) is 3.58. The van der Waals surface area contributed by atoms with Gasteiger partial charge in [-0.05, 0) is 30.2 Å². The van der Waals surface area contributed by atoms with Gasteiger partial charge in [0.2, 0.25) is 0 Å². The lowest BCUT2D eigenvalue weighted by Crippen LogP contribution is -2.27. The first-order valence-corrected chi connectivity index (χ1v) is 6.83. The van der Waals surface area contributed by atoms with Crippen molar-refractivity contribution in [1.29, 1.82) is 0 Å². The summed E-state index contributed by atoms with van der Waals surface area (Å²) in [5.74, 6) is 0.943. The van der Waals surface area contributed by atoms with Gasteiger partial charge in [0.25, 0.3) is 0 Å². The van der Waals surface area contributed by atoms with Crippen molar-refractivity contribution >= 4 is 0 Å². The Kier molecular flexibility index (Phi) is 5.07. The van der Waals surface area contributed by atoms with Gasteiger partial charge in [-0.25, -0.2) is 4.68 Å². The zero-order valence-electron chi connectivity index (χ0n) is 11.3. The van der Waals surface area contributed by atoms with E-state index in [1.807, 2.05) is 4.68 Å². The van der Waals surface area contributed by atoms with Crippen molar-refractivity contribution in [3.63, 3.8) is 0 Å². The molecular formula is C12H23N5O. The standard InChI is InChI=1S/C12H23N5O/c1-10(13-8-9-18-2)12-14-15-16-17(12)11-6-4-3-5-7-11/h10-11,13H,3-9H2,1-2H3. The highest BCUT2D eigenvalue weighted by Crippen LogP contribution is 2.28. The first-order chi connectivity index (χ1) is 8.83. The Morgan fingerprint density at radius 1 is 1.39 bits per heavy atom. The van der Waals surface area contributed by atoms with Crippen LogP contribution in [0.3, 0.4) is 0 Å². The molecule has 0 aliphatic heterocycles. The number of hydrogen-bond donors (Lipinski definition) is 1. The van der Waals surface area contributed by atoms with E-state index in [9.17, 15) is 0 Å². The van der Waals surface area contributed by atoms with Crippen LogP contribution in [0.1, 0.15) is 56.9 Å². The van der Waals surface area contributed by atoms with Crippen molar-refractivity contribution in [2.45, 2.75) is 51.1 Å². The van der Waals surface area contributed by atoms with Gasteiger partial charge in [0.15, 0.2) is 5.82 Å². The van der Waals surface area contributed by atoms with E-state index in [1.165, 1.54) is 32.1 Å². The molecule has 1 fully saturated rings. The van der Waals surface area contributed by atoms with E-state index in [-0.39, 0.29) is 6.04 Å². The second-order valence-electron chi connectivity index (χ2n) is 4.94. The number of nitrogens with one attached hydrogen (secondary N) is 1. The first-order valence-electron chi connectivity index (χ1n) is 6.83. The van der Waals surface area contributed by atoms with E-state index in [2.05, 4.69) is 27.8 Å². The fourth-order valence-corrected chi connectivity index (χ4v) is 2.54. The number of rotatable bonds is 6. The number of methoxy groups -OCH3 is 1. The van der Waals surface area contributed by atoms with Gasteiger partial charge >= 0.3 is 0 Å². The zero-order chi connectivity index (χ0) is 12.8. The minimum Gasteiger partial charge on any atom is -0.383 e. The van der Waals surface area contributed by atoms with E-state index in [1.54, 1.807) is 7.11 Å². The van der Waals surface area contributed by atoms with Gasteiger partial charge in [0, 0.05) is 13.7 Å². The monoisotopic (exact) mass is 253 g/mol. The molecule has 6 heteroatoms. The van der Waals surface area contributed by atoms with Crippen LogP contribution in [0.15, 0.2) is 0 Å². The minimum atomic E-state index is 0.164. The Balaban J connectivity index is 1.97. The normalized spacial score (nSPS) is 19.0. The van der Waals surface area contributed by atoms with Gasteiger partial charge in [-0.1, -0.05) is 19.3 Å². The highest BCUT2D eigenvalue weighted by atomic mass is 16.5. The van der Waals surface area contributed by atoms with E-state index in [4.69, 9.17) is 4.74 Å². The van der Waals surface area contributed by atoms with Crippen LogP contribution < -0.4 is 5.32 Å². The molecule has 1 aliphatic rings. The van der Waals surface area contributed by atoms with Crippen LogP contribution in [0.5, 0.6) is 0 Å². The lowest BCUT2D eigenvalue weighted by molar-refractivity contribution is 0.195. The number of ether oxygens (including phenoxy) is 1. The summed E-state index contributed by atoms with van der Waals surface area (Å²) in [7, 11) is 1.71. The zero-order valence-corrected chi connectivity index (χ0v) is 11.3. The van der Waals surface area contributed by atoms with Crippen molar-refractivity contribution in [2.24, 2.45) is 0 Å². The van der Waals surface area contributed by atoms with E-state index in [0.29, 0.717) is 12.6 Å². The molecule has 0 saturated heterocycles. The van der Waals surface area contributed by atoms with E-state index < -0.39 is 0 Å². The SMILES string of the molecule is COCCNC(C)c1nnnn1C1CCCCC1. The number of hydrogen-bond acceptors (Lipinski definition) is 5. The second kappa shape index (κ2) is 6.80. The quantitative estimate of drug-likeness (QED) is 0.778. The molecular weight excluding hydrogens is 230 g/mol. The average molecular weight is 253 g/mol. The minimum absolute atomic E-state index is 0.164. The van der Waals surface area contributed by atoms with Gasteiger partial charge in [-0.2, -0.15) is 0 Å². The Morgan fingerprint density at radius 3 is 2.89 bits per heavy atom. The first kappa shape index (κ1) is 13.4. The fraction of sp³-hybridized carbons (Fsp3) is 0.917. The van der Waals surface area contributed by atoms with E-state index >= 15 is 0 Å². The summed E-state index contributed by atoms with van der Waals surface area (Å²) in [5, 5.41) is 15.6. The molecule has 1 aromatic heterocycles. The highest BCUT2D eigenvalue weighted by molar-refractivity contribution is 4.92. The van der Waals surface area contributed by atoms with Gasteiger partial charge in [0.05, 0.1) is 18.7 Å². The molecule has 1 atom stereocenters. The number of aromatic nitrogens is 4. The summed E-state index contributed by atoms with van der Waals surface area (Å²) in [5.41, 5.74) is 0. The molecule has 2 rings (SSSR count). The summed E-state index contributed by atoms with van der Waals surface area (Å²) >= 11 is 0. The third kappa shape index (κ3) is 3.26. The predicted octanol–water partition coefficient (Wildman–Crippen LogP) is 1.48. The molecule has 0 aromatic carbocycles. The summed E-state index contributed by atoms with van der Waals surface area (Å²) in [6.45, 7) is 3.62. The van der Waals surface area contributed by atoms with Crippen molar-refractivity contribution < 1.29 is 4.74 Å². The fourth-order valence-electron chi connectivity index (χ4n) is 2.54. The van der Waals surface area contributed by atoms with Gasteiger partial charge in [-0.3, -0.25) is 0 Å². The molecule has 102 valence electrons. The predicted molar refractivity (Wildman–Crippen MR) is 68.2 cm³/mol. The second-order valence-corrected chi connectivity index (χ2v) is 4.94. The summed E-state index contributed by atoms with van der Waals surface area (Å²) in [6, 6.07) is 0.646. The van der Waals surface area contributed by atoms with Crippen LogP contribution in [0.4, 0.5) is 0 Å². The molecule has 0 radical (unpaired) electrons. The third-order valence-corrected chi connectivity index (χ3v) is 3.58. The van der Waals surface area contributed by atoms with E-state index in [0.717, 1.165) is 12.4 Å². The molecule has 0 spiro atoms. The van der Waals surface area contributed by atoms with Gasteiger partial charge < -0.3 is 10.1 Å². The van der Waals surface area contributed by atoms with Gasteiger partial charge in [0.1, 0.15) is 0 Å². The summed E-state index contributed by atoms with van der Waals surface area (Å²) in [6.07, 6.45) is 6.31.